The Kier molecular flexibility index (Phi) is 2.51. The van der Waals surface area contributed by atoms with E-state index >= 15 is 0 Å². The van der Waals surface area contributed by atoms with Crippen LogP contribution < -0.4 is 10.5 Å². The Hall–Kier alpha value is -0.610. The summed E-state index contributed by atoms with van der Waals surface area (Å²) in [4.78, 5) is 4.23. The van der Waals surface area contributed by atoms with E-state index in [1.165, 1.54) is 0 Å². The van der Waals surface area contributed by atoms with Crippen molar-refractivity contribution in [2.24, 2.45) is 11.1 Å². The molecular weight excluding hydrogens is 256 g/mol. The molecule has 0 aliphatic heterocycles. The third kappa shape index (κ3) is 1.66. The Bertz CT molecular complexity index is 392. The minimum Gasteiger partial charge on any atom is -0.481 e. The molecular formula is C11H15BrN2O. The van der Waals surface area contributed by atoms with Crippen molar-refractivity contribution >= 4 is 15.9 Å². The van der Waals surface area contributed by atoms with Crippen molar-refractivity contribution in [3.05, 3.63) is 22.3 Å². The van der Waals surface area contributed by atoms with Crippen LogP contribution in [0, 0.1) is 5.41 Å². The Balaban J connectivity index is 2.40. The highest BCUT2D eigenvalue weighted by molar-refractivity contribution is 9.10. The number of methoxy groups -OCH3 is 1. The van der Waals surface area contributed by atoms with E-state index in [2.05, 4.69) is 34.8 Å². The van der Waals surface area contributed by atoms with Crippen molar-refractivity contribution in [1.82, 2.24) is 4.98 Å². The van der Waals surface area contributed by atoms with Gasteiger partial charge in [-0.15, -0.1) is 0 Å². The predicted octanol–water partition coefficient (Wildman–Crippen LogP) is 2.30. The molecule has 1 aromatic heterocycles. The van der Waals surface area contributed by atoms with Gasteiger partial charge in [-0.25, -0.2) is 4.98 Å². The van der Waals surface area contributed by atoms with Crippen LogP contribution in [0.5, 0.6) is 5.88 Å². The average Bonchev–Trinajstić information content (AvgIpc) is 2.66. The fourth-order valence-electron chi connectivity index (χ4n) is 2.11. The number of rotatable bonds is 2. The predicted molar refractivity (Wildman–Crippen MR) is 63.0 cm³/mol. The summed E-state index contributed by atoms with van der Waals surface area (Å²) in [6.45, 7) is 4.34. The van der Waals surface area contributed by atoms with Gasteiger partial charge in [0, 0.05) is 28.2 Å². The van der Waals surface area contributed by atoms with Crippen molar-refractivity contribution in [2.45, 2.75) is 25.8 Å². The van der Waals surface area contributed by atoms with Gasteiger partial charge in [-0.3, -0.25) is 0 Å². The van der Waals surface area contributed by atoms with Crippen LogP contribution in [0.1, 0.15) is 25.3 Å². The van der Waals surface area contributed by atoms with Crippen molar-refractivity contribution in [3.63, 3.8) is 0 Å². The second kappa shape index (κ2) is 3.46. The molecule has 3 nitrogen and oxygen atoms in total. The van der Waals surface area contributed by atoms with Gasteiger partial charge < -0.3 is 10.5 Å². The summed E-state index contributed by atoms with van der Waals surface area (Å²) in [5, 5.41) is 0. The largest absolute Gasteiger partial charge is 0.481 e. The third-order valence-electron chi connectivity index (χ3n) is 3.28. The van der Waals surface area contributed by atoms with Gasteiger partial charge in [0.05, 0.1) is 7.11 Å². The number of nitrogens with two attached hydrogens (primary N) is 1. The van der Waals surface area contributed by atoms with Crippen molar-refractivity contribution < 1.29 is 4.74 Å². The van der Waals surface area contributed by atoms with Crippen LogP contribution in [0.4, 0.5) is 0 Å². The second-order valence-corrected chi connectivity index (χ2v) is 5.49. The van der Waals surface area contributed by atoms with Crippen LogP contribution in [-0.4, -0.2) is 18.1 Å². The standard InChI is InChI=1S/C11H15BrN2O/c1-11(2)8(9(11)13)7-4-6(12)5-14-10(7)15-3/h4-5,8-9H,13H2,1-3H3/t8-,9-/m1/s1. The lowest BCUT2D eigenvalue weighted by molar-refractivity contribution is 0.390. The third-order valence-corrected chi connectivity index (χ3v) is 3.72. The van der Waals surface area contributed by atoms with E-state index in [1.807, 2.05) is 6.07 Å². The molecule has 0 unspecified atom stereocenters. The molecule has 2 N–H and O–H groups in total. The van der Waals surface area contributed by atoms with Gasteiger partial charge in [0.2, 0.25) is 5.88 Å². The van der Waals surface area contributed by atoms with Crippen LogP contribution >= 0.6 is 15.9 Å². The molecule has 0 spiro atoms. The van der Waals surface area contributed by atoms with E-state index in [0.717, 1.165) is 10.0 Å². The maximum absolute atomic E-state index is 6.05. The van der Waals surface area contributed by atoms with Crippen LogP contribution in [0.15, 0.2) is 16.7 Å². The summed E-state index contributed by atoms with van der Waals surface area (Å²) in [5.41, 5.74) is 7.30. The topological polar surface area (TPSA) is 48.1 Å². The zero-order valence-electron chi connectivity index (χ0n) is 9.12. The minimum atomic E-state index is 0.149. The maximum Gasteiger partial charge on any atom is 0.216 e. The number of halogens is 1. The molecule has 1 aliphatic rings. The Morgan fingerprint density at radius 2 is 2.13 bits per heavy atom. The first kappa shape index (κ1) is 10.9. The van der Waals surface area contributed by atoms with Gasteiger partial charge in [0.1, 0.15) is 0 Å². The molecule has 2 atom stereocenters. The average molecular weight is 271 g/mol. The zero-order chi connectivity index (χ0) is 11.2. The molecule has 82 valence electrons. The fourth-order valence-corrected chi connectivity index (χ4v) is 2.46. The molecule has 2 rings (SSSR count). The smallest absolute Gasteiger partial charge is 0.216 e. The van der Waals surface area contributed by atoms with E-state index in [0.29, 0.717) is 11.8 Å². The highest BCUT2D eigenvalue weighted by Crippen LogP contribution is 2.59. The summed E-state index contributed by atoms with van der Waals surface area (Å²) in [7, 11) is 1.64. The molecule has 1 aliphatic carbocycles. The molecule has 0 aromatic carbocycles. The van der Waals surface area contributed by atoms with E-state index in [4.69, 9.17) is 10.5 Å². The quantitative estimate of drug-likeness (QED) is 0.897. The van der Waals surface area contributed by atoms with Crippen molar-refractivity contribution in [3.8, 4) is 5.88 Å². The minimum absolute atomic E-state index is 0.149. The van der Waals surface area contributed by atoms with Gasteiger partial charge in [-0.2, -0.15) is 0 Å². The molecule has 15 heavy (non-hydrogen) atoms. The number of hydrogen-bond donors (Lipinski definition) is 1. The van der Waals surface area contributed by atoms with Gasteiger partial charge in [0.15, 0.2) is 0 Å². The monoisotopic (exact) mass is 270 g/mol. The summed E-state index contributed by atoms with van der Waals surface area (Å²) >= 11 is 3.42. The number of hydrogen-bond acceptors (Lipinski definition) is 3. The lowest BCUT2D eigenvalue weighted by atomic mass is 10.0. The normalized spacial score (nSPS) is 27.5. The molecule has 1 aromatic rings. The van der Waals surface area contributed by atoms with Crippen LogP contribution in [0.25, 0.3) is 0 Å². The van der Waals surface area contributed by atoms with E-state index in [-0.39, 0.29) is 11.5 Å². The Morgan fingerprint density at radius 3 is 2.60 bits per heavy atom. The van der Waals surface area contributed by atoms with Gasteiger partial charge >= 0.3 is 0 Å². The molecule has 0 radical (unpaired) electrons. The van der Waals surface area contributed by atoms with E-state index in [9.17, 15) is 0 Å². The Labute approximate surface area is 98.2 Å². The molecule has 0 amide bonds. The van der Waals surface area contributed by atoms with Crippen LogP contribution in [0.2, 0.25) is 0 Å². The second-order valence-electron chi connectivity index (χ2n) is 4.58. The lowest BCUT2D eigenvalue weighted by Gasteiger charge is -2.08. The maximum atomic E-state index is 6.05. The first-order valence-corrected chi connectivity index (χ1v) is 5.72. The fraction of sp³-hybridized carbons (Fsp3) is 0.545. The summed E-state index contributed by atoms with van der Waals surface area (Å²) in [6.07, 6.45) is 1.74. The van der Waals surface area contributed by atoms with Crippen molar-refractivity contribution in [1.29, 1.82) is 0 Å². The summed E-state index contributed by atoms with van der Waals surface area (Å²) in [5.74, 6) is 1.03. The Morgan fingerprint density at radius 1 is 1.53 bits per heavy atom. The SMILES string of the molecule is COc1ncc(Br)cc1[C@@H]1[C@@H](N)C1(C)C. The molecule has 0 bridgehead atoms. The number of aromatic nitrogens is 1. The van der Waals surface area contributed by atoms with Crippen LogP contribution in [-0.2, 0) is 0 Å². The molecule has 4 heteroatoms. The molecule has 1 fully saturated rings. The van der Waals surface area contributed by atoms with Gasteiger partial charge in [0.25, 0.3) is 0 Å². The van der Waals surface area contributed by atoms with Crippen molar-refractivity contribution in [2.75, 3.05) is 7.11 Å². The highest BCUT2D eigenvalue weighted by Gasteiger charge is 2.57. The van der Waals surface area contributed by atoms with Gasteiger partial charge in [-0.1, -0.05) is 13.8 Å². The van der Waals surface area contributed by atoms with Crippen LogP contribution in [0.3, 0.4) is 0 Å². The molecule has 0 saturated heterocycles. The molecule has 1 saturated carbocycles. The first-order valence-electron chi connectivity index (χ1n) is 4.93. The summed E-state index contributed by atoms with van der Waals surface area (Å²) in [6, 6.07) is 2.24. The van der Waals surface area contributed by atoms with E-state index in [1.54, 1.807) is 13.3 Å². The van der Waals surface area contributed by atoms with E-state index < -0.39 is 0 Å². The number of nitrogens with zero attached hydrogens (tertiary/aromatic N) is 1. The highest BCUT2D eigenvalue weighted by atomic mass is 79.9. The zero-order valence-corrected chi connectivity index (χ0v) is 10.7. The lowest BCUT2D eigenvalue weighted by Crippen LogP contribution is -2.06. The number of pyridine rings is 1. The first-order chi connectivity index (χ1) is 6.98. The molecule has 1 heterocycles. The van der Waals surface area contributed by atoms with Gasteiger partial charge in [-0.05, 0) is 27.4 Å². The summed E-state index contributed by atoms with van der Waals surface area (Å²) < 4.78 is 6.22. The number of ether oxygens (including phenoxy) is 1.